The van der Waals surface area contributed by atoms with Crippen LogP contribution in [0, 0.1) is 5.92 Å². The van der Waals surface area contributed by atoms with E-state index in [0.29, 0.717) is 51.3 Å². The van der Waals surface area contributed by atoms with E-state index >= 15 is 0 Å². The summed E-state index contributed by atoms with van der Waals surface area (Å²) in [5.41, 5.74) is 2.91. The van der Waals surface area contributed by atoms with Crippen molar-refractivity contribution in [3.63, 3.8) is 0 Å². The van der Waals surface area contributed by atoms with Gasteiger partial charge in [0, 0.05) is 33.4 Å². The maximum absolute atomic E-state index is 10.7. The van der Waals surface area contributed by atoms with Gasteiger partial charge in [0.05, 0.1) is 36.3 Å². The molecule has 7 nitrogen and oxygen atoms in total. The van der Waals surface area contributed by atoms with E-state index in [1.54, 1.807) is 7.11 Å². The molecule has 0 radical (unpaired) electrons. The predicted molar refractivity (Wildman–Crippen MR) is 138 cm³/mol. The van der Waals surface area contributed by atoms with Gasteiger partial charge in [0.15, 0.2) is 0 Å². The molecule has 0 bridgehead atoms. The molecule has 0 aliphatic carbocycles. The van der Waals surface area contributed by atoms with Gasteiger partial charge in [0.25, 0.3) is 0 Å². The Morgan fingerprint density at radius 2 is 1.69 bits per heavy atom. The monoisotopic (exact) mass is 481 g/mol. The Morgan fingerprint density at radius 3 is 2.31 bits per heavy atom. The van der Waals surface area contributed by atoms with Gasteiger partial charge in [-0.1, -0.05) is 57.2 Å². The Labute approximate surface area is 209 Å². The molecule has 0 unspecified atom stereocenters. The Morgan fingerprint density at radius 1 is 1.00 bits per heavy atom. The number of methoxy groups -OCH3 is 1. The van der Waals surface area contributed by atoms with Gasteiger partial charge in [-0.25, -0.2) is 4.68 Å². The molecule has 3 aromatic rings. The zero-order valence-electron chi connectivity index (χ0n) is 21.4. The fraction of sp³-hybridized carbons (Fsp3) is 0.464. The van der Waals surface area contributed by atoms with Gasteiger partial charge in [-0.3, -0.25) is 4.90 Å². The van der Waals surface area contributed by atoms with Gasteiger partial charge in [-0.05, 0) is 36.6 Å². The molecule has 0 aliphatic rings. The maximum Gasteiger partial charge on any atom is 0.227 e. The summed E-state index contributed by atoms with van der Waals surface area (Å²) in [5, 5.41) is 15.6. The van der Waals surface area contributed by atoms with Gasteiger partial charge in [0.2, 0.25) is 5.88 Å². The van der Waals surface area contributed by atoms with Crippen LogP contribution in [-0.4, -0.2) is 65.9 Å². The largest absolute Gasteiger partial charge is 0.439 e. The summed E-state index contributed by atoms with van der Waals surface area (Å²) in [7, 11) is 1.69. The number of para-hydroxylation sites is 2. The second kappa shape index (κ2) is 14.0. The number of aliphatic hydroxyl groups is 1. The van der Waals surface area contributed by atoms with Crippen molar-refractivity contribution in [3.8, 4) is 17.3 Å². The normalized spacial score (nSPS) is 12.4. The van der Waals surface area contributed by atoms with Gasteiger partial charge in [-0.15, -0.1) is 0 Å². The van der Waals surface area contributed by atoms with Crippen LogP contribution in [0.2, 0.25) is 0 Å². The van der Waals surface area contributed by atoms with Crippen molar-refractivity contribution < 1.29 is 19.3 Å². The standard InChI is InChI=1S/C28H39N3O4/c1-5-27-26(19-30(16-17-33-4)18-24(32)21-34-20-22(2)3)28(35-25-14-10-7-11-15-25)31(29-27)23-12-8-6-9-13-23/h6-15,22,24,32H,5,16-21H2,1-4H3/t24-/m0/s1. The van der Waals surface area contributed by atoms with Crippen molar-refractivity contribution >= 4 is 0 Å². The van der Waals surface area contributed by atoms with Gasteiger partial charge in [-0.2, -0.15) is 5.10 Å². The van der Waals surface area contributed by atoms with Crippen LogP contribution in [-0.2, 0) is 22.4 Å². The lowest BCUT2D eigenvalue weighted by atomic mass is 10.1. The third-order valence-corrected chi connectivity index (χ3v) is 5.54. The maximum atomic E-state index is 10.7. The topological polar surface area (TPSA) is 69.0 Å². The molecular formula is C28H39N3O4. The number of ether oxygens (including phenoxy) is 3. The highest BCUT2D eigenvalue weighted by Gasteiger charge is 2.23. The number of hydrogen-bond donors (Lipinski definition) is 1. The smallest absolute Gasteiger partial charge is 0.227 e. The van der Waals surface area contributed by atoms with Gasteiger partial charge < -0.3 is 19.3 Å². The molecule has 2 aromatic carbocycles. The molecule has 1 aromatic heterocycles. The molecule has 35 heavy (non-hydrogen) atoms. The quantitative estimate of drug-likeness (QED) is 0.339. The van der Waals surface area contributed by atoms with Crippen molar-refractivity contribution in [2.24, 2.45) is 5.92 Å². The summed E-state index contributed by atoms with van der Waals surface area (Å²) in [4.78, 5) is 2.18. The van der Waals surface area contributed by atoms with Crippen LogP contribution in [0.1, 0.15) is 32.0 Å². The number of aryl methyl sites for hydroxylation is 1. The molecule has 1 atom stereocenters. The molecule has 3 rings (SSSR count). The highest BCUT2D eigenvalue weighted by Crippen LogP contribution is 2.32. The van der Waals surface area contributed by atoms with Crippen molar-refractivity contribution in [2.75, 3.05) is 40.0 Å². The number of aliphatic hydroxyl groups excluding tert-OH is 1. The van der Waals surface area contributed by atoms with Gasteiger partial charge in [0.1, 0.15) is 5.75 Å². The summed E-state index contributed by atoms with van der Waals surface area (Å²) >= 11 is 0. The molecule has 0 fully saturated rings. The Bertz CT molecular complexity index is 992. The Hall–Kier alpha value is -2.71. The first-order valence-electron chi connectivity index (χ1n) is 12.4. The molecule has 0 saturated heterocycles. The molecule has 0 amide bonds. The molecule has 0 spiro atoms. The SMILES string of the molecule is CCc1nn(-c2ccccc2)c(Oc2ccccc2)c1CN(CCOC)C[C@H](O)COCC(C)C. The average Bonchev–Trinajstić information content (AvgIpc) is 3.20. The van der Waals surface area contributed by atoms with E-state index in [1.807, 2.05) is 65.3 Å². The van der Waals surface area contributed by atoms with Crippen LogP contribution < -0.4 is 4.74 Å². The van der Waals surface area contributed by atoms with Crippen molar-refractivity contribution in [2.45, 2.75) is 39.8 Å². The van der Waals surface area contributed by atoms with Crippen LogP contribution in [0.5, 0.6) is 11.6 Å². The van der Waals surface area contributed by atoms with E-state index in [2.05, 4.69) is 25.7 Å². The lowest BCUT2D eigenvalue weighted by molar-refractivity contribution is 0.00323. The van der Waals surface area contributed by atoms with Gasteiger partial charge >= 0.3 is 0 Å². The van der Waals surface area contributed by atoms with Crippen LogP contribution >= 0.6 is 0 Å². The van der Waals surface area contributed by atoms with E-state index in [-0.39, 0.29) is 0 Å². The highest BCUT2D eigenvalue weighted by atomic mass is 16.5. The number of nitrogens with zero attached hydrogens (tertiary/aromatic N) is 3. The van der Waals surface area contributed by atoms with Crippen LogP contribution in [0.4, 0.5) is 0 Å². The van der Waals surface area contributed by atoms with Crippen molar-refractivity contribution in [1.82, 2.24) is 14.7 Å². The highest BCUT2D eigenvalue weighted by molar-refractivity contribution is 5.43. The molecule has 7 heteroatoms. The third kappa shape index (κ3) is 8.18. The number of benzene rings is 2. The second-order valence-electron chi connectivity index (χ2n) is 9.06. The Kier molecular flexibility index (Phi) is 10.8. The minimum absolute atomic E-state index is 0.305. The molecule has 190 valence electrons. The predicted octanol–water partition coefficient (Wildman–Crippen LogP) is 4.71. The molecule has 1 heterocycles. The fourth-order valence-corrected chi connectivity index (χ4v) is 3.84. The summed E-state index contributed by atoms with van der Waals surface area (Å²) < 4.78 is 19.3. The molecule has 1 N–H and O–H groups in total. The summed E-state index contributed by atoms with van der Waals surface area (Å²) in [5.74, 6) is 1.87. The second-order valence-corrected chi connectivity index (χ2v) is 9.06. The van der Waals surface area contributed by atoms with E-state index in [4.69, 9.17) is 19.3 Å². The third-order valence-electron chi connectivity index (χ3n) is 5.54. The zero-order valence-corrected chi connectivity index (χ0v) is 21.4. The van der Waals surface area contributed by atoms with Crippen LogP contribution in [0.25, 0.3) is 5.69 Å². The number of rotatable bonds is 15. The number of hydrogen-bond acceptors (Lipinski definition) is 6. The summed E-state index contributed by atoms with van der Waals surface area (Å²) in [6.07, 6.45) is 0.164. The first-order valence-corrected chi connectivity index (χ1v) is 12.4. The lowest BCUT2D eigenvalue weighted by Gasteiger charge is -2.25. The Balaban J connectivity index is 1.91. The molecule has 0 aliphatic heterocycles. The summed E-state index contributed by atoms with van der Waals surface area (Å²) in [6, 6.07) is 19.8. The summed E-state index contributed by atoms with van der Waals surface area (Å²) in [6.45, 7) is 9.50. The molecular weight excluding hydrogens is 442 g/mol. The van der Waals surface area contributed by atoms with Crippen molar-refractivity contribution in [3.05, 3.63) is 71.9 Å². The minimum atomic E-state index is -0.599. The zero-order chi connectivity index (χ0) is 25.0. The van der Waals surface area contributed by atoms with Crippen LogP contribution in [0.15, 0.2) is 60.7 Å². The first kappa shape index (κ1) is 26.9. The molecule has 0 saturated carbocycles. The lowest BCUT2D eigenvalue weighted by Crippen LogP contribution is -2.37. The first-order chi connectivity index (χ1) is 17.0. The van der Waals surface area contributed by atoms with E-state index in [0.717, 1.165) is 29.1 Å². The van der Waals surface area contributed by atoms with E-state index in [9.17, 15) is 5.11 Å². The minimum Gasteiger partial charge on any atom is -0.439 e. The average molecular weight is 482 g/mol. The van der Waals surface area contributed by atoms with E-state index < -0.39 is 6.10 Å². The fourth-order valence-electron chi connectivity index (χ4n) is 3.84. The van der Waals surface area contributed by atoms with Crippen LogP contribution in [0.3, 0.4) is 0 Å². The van der Waals surface area contributed by atoms with E-state index in [1.165, 1.54) is 0 Å². The van der Waals surface area contributed by atoms with Crippen molar-refractivity contribution in [1.29, 1.82) is 0 Å². The number of aromatic nitrogens is 2.